The van der Waals surface area contributed by atoms with E-state index in [1.807, 2.05) is 0 Å². The van der Waals surface area contributed by atoms with Crippen molar-refractivity contribution in [2.45, 2.75) is 6.92 Å². The zero-order chi connectivity index (χ0) is 8.57. The van der Waals surface area contributed by atoms with Crippen LogP contribution in [0.15, 0.2) is 0 Å². The second-order valence-electron chi connectivity index (χ2n) is 0.983. The molecule has 0 aromatic heterocycles. The van der Waals surface area contributed by atoms with Crippen molar-refractivity contribution in [3.8, 4) is 0 Å². The van der Waals surface area contributed by atoms with Crippen LogP contribution in [-0.4, -0.2) is 26.0 Å². The molecule has 0 atom stereocenters. The predicted octanol–water partition coefficient (Wildman–Crippen LogP) is -0.217. The number of carbonyl (C=O) groups is 1. The van der Waals surface area contributed by atoms with Crippen LogP contribution in [0.5, 0.6) is 0 Å². The molecule has 0 radical (unpaired) electrons. The Kier molecular flexibility index (Phi) is 10.1. The van der Waals surface area contributed by atoms with Gasteiger partial charge in [0.25, 0.3) is 11.4 Å². The van der Waals surface area contributed by atoms with E-state index in [4.69, 9.17) is 13.3 Å². The number of ether oxygens (including phenoxy) is 1. The van der Waals surface area contributed by atoms with Crippen LogP contribution in [0.4, 0.5) is 4.79 Å². The number of nitrogens with two attached hydrogens (primary N) is 1. The lowest BCUT2D eigenvalue weighted by atomic mass is 10.9. The monoisotopic (exact) mass is 171 g/mol. The van der Waals surface area contributed by atoms with Gasteiger partial charge in [-0.05, 0) is 6.92 Å². The van der Waals surface area contributed by atoms with Crippen molar-refractivity contribution in [2.24, 2.45) is 5.73 Å². The highest BCUT2D eigenvalue weighted by molar-refractivity contribution is 7.73. The van der Waals surface area contributed by atoms with Crippen molar-refractivity contribution in [2.75, 3.05) is 6.61 Å². The highest BCUT2D eigenvalue weighted by atomic mass is 32.2. The summed E-state index contributed by atoms with van der Waals surface area (Å²) >= 11 is -2.61. The van der Waals surface area contributed by atoms with Crippen LogP contribution in [0.25, 0.3) is 0 Å². The molecule has 0 aromatic rings. The third-order valence-corrected chi connectivity index (χ3v) is 0.287. The van der Waals surface area contributed by atoms with E-state index in [1.165, 1.54) is 0 Å². The average molecular weight is 171 g/mol. The van der Waals surface area contributed by atoms with Crippen molar-refractivity contribution in [1.82, 2.24) is 0 Å². The Morgan fingerprint density at radius 3 is 2.00 bits per heavy atom. The first-order valence-electron chi connectivity index (χ1n) is 2.22. The molecule has 6 nitrogen and oxygen atoms in total. The second kappa shape index (κ2) is 8.34. The maximum atomic E-state index is 9.60. The topological polar surface area (TPSA) is 110 Å². The molecule has 0 heterocycles. The summed E-state index contributed by atoms with van der Waals surface area (Å²) in [5, 5.41) is 0. The van der Waals surface area contributed by atoms with Gasteiger partial charge in [0.15, 0.2) is 0 Å². The lowest BCUT2D eigenvalue weighted by molar-refractivity contribution is 0.163. The molecule has 0 fully saturated rings. The summed E-state index contributed by atoms with van der Waals surface area (Å²) in [6.07, 6.45) is -0.711. The smallest absolute Gasteiger partial charge is 0.404 e. The van der Waals surface area contributed by atoms with Crippen LogP contribution >= 0.6 is 0 Å². The molecule has 0 bridgehead atoms. The van der Waals surface area contributed by atoms with Crippen LogP contribution < -0.4 is 5.73 Å². The fourth-order valence-corrected chi connectivity index (χ4v) is 0.142. The highest BCUT2D eigenvalue weighted by Crippen LogP contribution is 1.66. The van der Waals surface area contributed by atoms with E-state index >= 15 is 0 Å². The quantitative estimate of drug-likeness (QED) is 0.472. The third kappa shape index (κ3) is 53.9. The van der Waals surface area contributed by atoms with Crippen molar-refractivity contribution in [3.05, 3.63) is 0 Å². The van der Waals surface area contributed by atoms with Gasteiger partial charge in [-0.2, -0.15) is 4.21 Å². The maximum Gasteiger partial charge on any atom is 0.404 e. The molecule has 62 valence electrons. The van der Waals surface area contributed by atoms with Gasteiger partial charge < -0.3 is 10.5 Å². The Hall–Kier alpha value is -0.660. The highest BCUT2D eigenvalue weighted by Gasteiger charge is 1.82. The molecule has 0 aromatic carbocycles. The minimum Gasteiger partial charge on any atom is -0.450 e. The van der Waals surface area contributed by atoms with Gasteiger partial charge in [-0.25, -0.2) is 4.79 Å². The van der Waals surface area contributed by atoms with E-state index in [-0.39, 0.29) is 0 Å². The Balaban J connectivity index is 0. The molecule has 0 saturated carbocycles. The fourth-order valence-electron chi connectivity index (χ4n) is 0.142. The molecule has 4 N–H and O–H groups in total. The first-order valence-corrected chi connectivity index (χ1v) is 3.29. The van der Waals surface area contributed by atoms with E-state index in [1.54, 1.807) is 6.92 Å². The van der Waals surface area contributed by atoms with E-state index < -0.39 is 17.5 Å². The minimum atomic E-state index is -2.61. The van der Waals surface area contributed by atoms with Gasteiger partial charge in [-0.3, -0.25) is 9.11 Å². The van der Waals surface area contributed by atoms with Crippen LogP contribution in [0, 0.1) is 0 Å². The van der Waals surface area contributed by atoms with Crippen molar-refractivity contribution >= 4 is 17.5 Å². The standard InChI is InChI=1S/C3H7NO2.H2O3S/c1-2-6-3(4)5;1-4(2)3/h2H2,1H3,(H2,4,5);(H2,1,2,3). The first-order chi connectivity index (χ1) is 4.50. The van der Waals surface area contributed by atoms with Gasteiger partial charge in [0.2, 0.25) is 0 Å². The largest absolute Gasteiger partial charge is 0.450 e. The Morgan fingerprint density at radius 1 is 1.70 bits per heavy atom. The van der Waals surface area contributed by atoms with Crippen molar-refractivity contribution in [1.29, 1.82) is 0 Å². The van der Waals surface area contributed by atoms with E-state index in [0.29, 0.717) is 6.61 Å². The minimum absolute atomic E-state index is 0.356. The first kappa shape index (κ1) is 12.1. The number of hydrogen-bond donors (Lipinski definition) is 3. The molecule has 0 aliphatic rings. The van der Waals surface area contributed by atoms with E-state index in [0.717, 1.165) is 0 Å². The van der Waals surface area contributed by atoms with Crippen LogP contribution in [0.3, 0.4) is 0 Å². The van der Waals surface area contributed by atoms with Crippen molar-refractivity contribution < 1.29 is 22.8 Å². The van der Waals surface area contributed by atoms with Gasteiger partial charge in [0, 0.05) is 0 Å². The molecular weight excluding hydrogens is 162 g/mol. The average Bonchev–Trinajstić information content (AvgIpc) is 1.62. The fraction of sp³-hybridized carbons (Fsp3) is 0.667. The maximum absolute atomic E-state index is 9.60. The van der Waals surface area contributed by atoms with E-state index in [9.17, 15) is 4.79 Å². The molecule has 7 heteroatoms. The summed E-state index contributed by atoms with van der Waals surface area (Å²) in [5.74, 6) is 0. The number of hydrogen-bond acceptors (Lipinski definition) is 3. The van der Waals surface area contributed by atoms with Gasteiger partial charge in [-0.1, -0.05) is 0 Å². The lowest BCUT2D eigenvalue weighted by Gasteiger charge is -1.89. The Morgan fingerprint density at radius 2 is 2.00 bits per heavy atom. The third-order valence-electron chi connectivity index (χ3n) is 0.287. The summed E-state index contributed by atoms with van der Waals surface area (Å²) < 4.78 is 27.0. The van der Waals surface area contributed by atoms with Gasteiger partial charge in [-0.15, -0.1) is 0 Å². The molecular formula is C3H9NO5S. The SMILES string of the molecule is CCOC(N)=O.O=S(O)O. The van der Waals surface area contributed by atoms with Crippen LogP contribution in [0.2, 0.25) is 0 Å². The normalized spacial score (nSPS) is 8.00. The molecule has 0 saturated heterocycles. The van der Waals surface area contributed by atoms with Crippen molar-refractivity contribution in [3.63, 3.8) is 0 Å². The second-order valence-corrected chi connectivity index (χ2v) is 1.44. The van der Waals surface area contributed by atoms with E-state index in [2.05, 4.69) is 10.5 Å². The molecule has 0 rings (SSSR count). The predicted molar refractivity (Wildman–Crippen MR) is 34.6 cm³/mol. The molecule has 1 amide bonds. The molecule has 0 spiro atoms. The number of carbonyl (C=O) groups excluding carboxylic acids is 1. The van der Waals surface area contributed by atoms with Gasteiger partial charge in [0.1, 0.15) is 0 Å². The molecule has 0 aliphatic carbocycles. The molecule has 0 aliphatic heterocycles. The summed E-state index contributed by atoms with van der Waals surface area (Å²) in [5.41, 5.74) is 4.54. The number of amides is 1. The summed E-state index contributed by atoms with van der Waals surface area (Å²) in [4.78, 5) is 9.60. The Labute approximate surface area is 60.5 Å². The van der Waals surface area contributed by atoms with Gasteiger partial charge in [0.05, 0.1) is 6.61 Å². The number of rotatable bonds is 1. The summed E-state index contributed by atoms with van der Waals surface area (Å²) in [7, 11) is 0. The molecule has 10 heavy (non-hydrogen) atoms. The van der Waals surface area contributed by atoms with Gasteiger partial charge >= 0.3 is 6.09 Å². The lowest BCUT2D eigenvalue weighted by Crippen LogP contribution is -2.11. The zero-order valence-electron chi connectivity index (χ0n) is 5.31. The van der Waals surface area contributed by atoms with Crippen LogP contribution in [-0.2, 0) is 16.1 Å². The van der Waals surface area contributed by atoms with Crippen LogP contribution in [0.1, 0.15) is 6.92 Å². The summed E-state index contributed by atoms with van der Waals surface area (Å²) in [6, 6.07) is 0. The molecule has 0 unspecified atom stereocenters. The Bertz CT molecular complexity index is 111. The number of primary amides is 1. The summed E-state index contributed by atoms with van der Waals surface area (Å²) in [6.45, 7) is 2.06. The zero-order valence-corrected chi connectivity index (χ0v) is 6.13.